The van der Waals surface area contributed by atoms with Crippen molar-refractivity contribution in [3.05, 3.63) is 36.4 Å². The lowest BCUT2D eigenvalue weighted by Crippen LogP contribution is -2.01. The highest BCUT2D eigenvalue weighted by Crippen LogP contribution is 2.32. The summed E-state index contributed by atoms with van der Waals surface area (Å²) in [6.07, 6.45) is 3.75. The number of benzene rings is 1. The van der Waals surface area contributed by atoms with Crippen molar-refractivity contribution in [2.24, 2.45) is 0 Å². The van der Waals surface area contributed by atoms with Crippen molar-refractivity contribution < 1.29 is 13.9 Å². The lowest BCUT2D eigenvalue weighted by molar-refractivity contribution is 0.355. The van der Waals surface area contributed by atoms with Gasteiger partial charge in [-0.25, -0.2) is 4.98 Å². The average Bonchev–Trinajstić information content (AvgIpc) is 3.24. The molecule has 0 saturated carbocycles. The van der Waals surface area contributed by atoms with E-state index in [1.165, 1.54) is 11.8 Å². The van der Waals surface area contributed by atoms with Gasteiger partial charge in [0.1, 0.15) is 5.82 Å². The largest absolute Gasteiger partial charge is 0.493 e. The molecule has 0 atom stereocenters. The lowest BCUT2D eigenvalue weighted by Gasteiger charge is -2.07. The van der Waals surface area contributed by atoms with Crippen molar-refractivity contribution in [3.8, 4) is 23.0 Å². The molecular weight excluding hydrogens is 328 g/mol. The molecule has 24 heavy (non-hydrogen) atoms. The first-order valence-corrected chi connectivity index (χ1v) is 8.36. The molecule has 0 fully saturated rings. The van der Waals surface area contributed by atoms with Crippen molar-refractivity contribution in [1.82, 2.24) is 19.7 Å². The Balaban J connectivity index is 1.66. The molecule has 0 spiro atoms. The molecule has 3 rings (SSSR count). The van der Waals surface area contributed by atoms with Crippen LogP contribution in [0.25, 0.3) is 11.5 Å². The third-order valence-corrected chi connectivity index (χ3v) is 4.32. The highest BCUT2D eigenvalue weighted by atomic mass is 32.2. The van der Waals surface area contributed by atoms with Gasteiger partial charge in [0.05, 0.1) is 14.2 Å². The molecule has 0 amide bonds. The molecule has 126 valence electrons. The second-order valence-electron chi connectivity index (χ2n) is 4.96. The molecule has 1 aromatic carbocycles. The minimum absolute atomic E-state index is 0.456. The van der Waals surface area contributed by atoms with E-state index < -0.39 is 0 Å². The summed E-state index contributed by atoms with van der Waals surface area (Å²) < 4.78 is 18.3. The summed E-state index contributed by atoms with van der Waals surface area (Å²) in [7, 11) is 3.19. The number of hydrogen-bond donors (Lipinski definition) is 0. The maximum absolute atomic E-state index is 5.71. The smallest absolute Gasteiger partial charge is 0.276 e. The summed E-state index contributed by atoms with van der Waals surface area (Å²) in [5.74, 6) is 3.55. The Morgan fingerprint density at radius 2 is 2.00 bits per heavy atom. The molecule has 3 aromatic rings. The lowest BCUT2D eigenvalue weighted by atomic mass is 10.2. The summed E-state index contributed by atoms with van der Waals surface area (Å²) in [4.78, 5) is 4.20. The number of thioether (sulfide) groups is 1. The van der Waals surface area contributed by atoms with Crippen LogP contribution in [0.15, 0.2) is 40.2 Å². The fourth-order valence-electron chi connectivity index (χ4n) is 2.23. The molecule has 0 saturated heterocycles. The van der Waals surface area contributed by atoms with E-state index in [9.17, 15) is 0 Å². The zero-order chi connectivity index (χ0) is 16.9. The molecule has 0 aliphatic heterocycles. The first kappa shape index (κ1) is 16.4. The molecule has 0 aliphatic carbocycles. The van der Waals surface area contributed by atoms with E-state index in [0.29, 0.717) is 22.6 Å². The van der Waals surface area contributed by atoms with E-state index in [-0.39, 0.29) is 0 Å². The van der Waals surface area contributed by atoms with Gasteiger partial charge in [0.25, 0.3) is 5.22 Å². The molecule has 2 aromatic heterocycles. The van der Waals surface area contributed by atoms with Crippen LogP contribution in [0.4, 0.5) is 0 Å². The van der Waals surface area contributed by atoms with Crippen LogP contribution in [-0.2, 0) is 6.54 Å². The Morgan fingerprint density at radius 1 is 1.17 bits per heavy atom. The van der Waals surface area contributed by atoms with Crippen molar-refractivity contribution in [2.75, 3.05) is 20.0 Å². The number of aryl methyl sites for hydroxylation is 2. The predicted octanol–water partition coefficient (Wildman–Crippen LogP) is 3.05. The average molecular weight is 346 g/mol. The highest BCUT2D eigenvalue weighted by molar-refractivity contribution is 7.99. The van der Waals surface area contributed by atoms with E-state index in [2.05, 4.69) is 19.7 Å². The van der Waals surface area contributed by atoms with Crippen LogP contribution >= 0.6 is 11.8 Å². The Kier molecular flexibility index (Phi) is 5.05. The van der Waals surface area contributed by atoms with E-state index in [1.807, 2.05) is 31.3 Å². The molecule has 0 bridgehead atoms. The van der Waals surface area contributed by atoms with Gasteiger partial charge in [0.15, 0.2) is 11.5 Å². The number of methoxy groups -OCH3 is 2. The Morgan fingerprint density at radius 3 is 2.71 bits per heavy atom. The molecule has 2 heterocycles. The molecular formula is C16H18N4O3S. The second-order valence-corrected chi connectivity index (χ2v) is 6.01. The van der Waals surface area contributed by atoms with E-state index in [4.69, 9.17) is 13.9 Å². The fourth-order valence-corrected chi connectivity index (χ4v) is 2.92. The highest BCUT2D eigenvalue weighted by Gasteiger charge is 2.12. The van der Waals surface area contributed by atoms with Gasteiger partial charge < -0.3 is 18.5 Å². The van der Waals surface area contributed by atoms with Crippen LogP contribution in [0, 0.1) is 6.92 Å². The summed E-state index contributed by atoms with van der Waals surface area (Å²) in [6, 6.07) is 5.49. The van der Waals surface area contributed by atoms with Crippen LogP contribution in [0.5, 0.6) is 11.5 Å². The van der Waals surface area contributed by atoms with E-state index >= 15 is 0 Å². The first-order valence-electron chi connectivity index (χ1n) is 7.37. The molecule has 0 radical (unpaired) electrons. The zero-order valence-electron chi connectivity index (χ0n) is 13.7. The first-order chi connectivity index (χ1) is 11.7. The normalized spacial score (nSPS) is 10.8. The van der Waals surface area contributed by atoms with Crippen LogP contribution in [0.2, 0.25) is 0 Å². The summed E-state index contributed by atoms with van der Waals surface area (Å²) >= 11 is 1.52. The number of nitrogens with zero attached hydrogens (tertiary/aromatic N) is 4. The van der Waals surface area contributed by atoms with Gasteiger partial charge in [-0.2, -0.15) is 0 Å². The van der Waals surface area contributed by atoms with Crippen LogP contribution in [-0.4, -0.2) is 39.7 Å². The van der Waals surface area contributed by atoms with Crippen molar-refractivity contribution >= 4 is 11.8 Å². The van der Waals surface area contributed by atoms with Gasteiger partial charge in [-0.3, -0.25) is 0 Å². The van der Waals surface area contributed by atoms with E-state index in [0.717, 1.165) is 23.7 Å². The van der Waals surface area contributed by atoms with E-state index in [1.54, 1.807) is 20.4 Å². The molecule has 8 heteroatoms. The Hall–Kier alpha value is -2.48. The second kappa shape index (κ2) is 7.39. The van der Waals surface area contributed by atoms with Gasteiger partial charge >= 0.3 is 0 Å². The van der Waals surface area contributed by atoms with Crippen LogP contribution in [0.3, 0.4) is 0 Å². The quantitative estimate of drug-likeness (QED) is 0.609. The van der Waals surface area contributed by atoms with Gasteiger partial charge in [-0.15, -0.1) is 10.2 Å². The van der Waals surface area contributed by atoms with Crippen LogP contribution < -0.4 is 9.47 Å². The van der Waals surface area contributed by atoms with Crippen molar-refractivity contribution in [2.45, 2.75) is 18.7 Å². The predicted molar refractivity (Wildman–Crippen MR) is 90.5 cm³/mol. The van der Waals surface area contributed by atoms with Crippen LogP contribution in [0.1, 0.15) is 5.82 Å². The van der Waals surface area contributed by atoms with Gasteiger partial charge in [-0.05, 0) is 25.1 Å². The zero-order valence-corrected chi connectivity index (χ0v) is 14.5. The number of ether oxygens (including phenoxy) is 2. The molecule has 0 unspecified atom stereocenters. The maximum atomic E-state index is 5.71. The van der Waals surface area contributed by atoms with Gasteiger partial charge in [0.2, 0.25) is 5.89 Å². The molecule has 7 nitrogen and oxygen atoms in total. The fraction of sp³-hybridized carbons (Fsp3) is 0.312. The Labute approximate surface area is 144 Å². The standard InChI is InChI=1S/C16H18N4O3S/c1-11-17-6-7-20(11)8-9-24-16-19-18-15(23-16)12-4-5-13(21-2)14(10-12)22-3/h4-7,10H,8-9H2,1-3H3. The molecule has 0 N–H and O–H groups in total. The topological polar surface area (TPSA) is 75.2 Å². The van der Waals surface area contributed by atoms with Crippen molar-refractivity contribution in [3.63, 3.8) is 0 Å². The summed E-state index contributed by atoms with van der Waals surface area (Å²) in [5.41, 5.74) is 0.789. The minimum Gasteiger partial charge on any atom is -0.493 e. The Bertz CT molecular complexity index is 815. The SMILES string of the molecule is COc1ccc(-c2nnc(SCCn3ccnc3C)o2)cc1OC. The number of rotatable bonds is 7. The summed E-state index contributed by atoms with van der Waals surface area (Å²) in [6.45, 7) is 2.82. The maximum Gasteiger partial charge on any atom is 0.276 e. The summed E-state index contributed by atoms with van der Waals surface area (Å²) in [5, 5.41) is 8.72. The number of hydrogen-bond acceptors (Lipinski definition) is 7. The third kappa shape index (κ3) is 3.53. The minimum atomic E-state index is 0.456. The third-order valence-electron chi connectivity index (χ3n) is 3.52. The monoisotopic (exact) mass is 346 g/mol. The number of imidazole rings is 1. The van der Waals surface area contributed by atoms with Crippen molar-refractivity contribution in [1.29, 1.82) is 0 Å². The van der Waals surface area contributed by atoms with Gasteiger partial charge in [-0.1, -0.05) is 11.8 Å². The number of aromatic nitrogens is 4. The molecule has 0 aliphatic rings. The van der Waals surface area contributed by atoms with Gasteiger partial charge in [0, 0.05) is 30.3 Å².